The van der Waals surface area contributed by atoms with Crippen LogP contribution in [0.2, 0.25) is 0 Å². The van der Waals surface area contributed by atoms with Crippen molar-refractivity contribution in [2.24, 2.45) is 5.92 Å². The van der Waals surface area contributed by atoms with Crippen LogP contribution in [0.25, 0.3) is 0 Å². The molecule has 1 unspecified atom stereocenters. The lowest BCUT2D eigenvalue weighted by Crippen LogP contribution is -2.29. The molecule has 1 N–H and O–H groups in total. The number of rotatable bonds is 6. The fraction of sp³-hybridized carbons (Fsp3) is 0.333. The summed E-state index contributed by atoms with van der Waals surface area (Å²) in [5.41, 5.74) is 2.33. The Morgan fingerprint density at radius 1 is 1.04 bits per heavy atom. The Morgan fingerprint density at radius 3 is 2.52 bits per heavy atom. The summed E-state index contributed by atoms with van der Waals surface area (Å²) >= 11 is 0. The van der Waals surface area contributed by atoms with Gasteiger partial charge >= 0.3 is 5.97 Å². The van der Waals surface area contributed by atoms with E-state index in [2.05, 4.69) is 12.1 Å². The maximum atomic E-state index is 12.5. The van der Waals surface area contributed by atoms with Crippen molar-refractivity contribution in [1.29, 1.82) is 0 Å². The summed E-state index contributed by atoms with van der Waals surface area (Å²) in [7, 11) is 0. The van der Waals surface area contributed by atoms with Gasteiger partial charge in [0.25, 0.3) is 0 Å². The van der Waals surface area contributed by atoms with Crippen molar-refractivity contribution in [2.75, 3.05) is 13.1 Å². The van der Waals surface area contributed by atoms with Gasteiger partial charge in [0.05, 0.1) is 5.56 Å². The van der Waals surface area contributed by atoms with E-state index in [1.807, 2.05) is 29.2 Å². The van der Waals surface area contributed by atoms with Crippen molar-refractivity contribution in [3.05, 3.63) is 71.3 Å². The number of carbonyl (C=O) groups excluding carboxylic acids is 1. The lowest BCUT2D eigenvalue weighted by Gasteiger charge is -2.17. The Bertz CT molecular complexity index is 742. The molecular weight excluding hydrogens is 314 g/mol. The quantitative estimate of drug-likeness (QED) is 0.879. The van der Waals surface area contributed by atoms with Gasteiger partial charge in [-0.2, -0.15) is 0 Å². The van der Waals surface area contributed by atoms with Gasteiger partial charge in [0, 0.05) is 19.5 Å². The summed E-state index contributed by atoms with van der Waals surface area (Å²) in [6, 6.07) is 17.3. The van der Waals surface area contributed by atoms with Crippen LogP contribution in [-0.4, -0.2) is 35.0 Å². The van der Waals surface area contributed by atoms with E-state index in [1.54, 1.807) is 18.2 Å². The van der Waals surface area contributed by atoms with Gasteiger partial charge in [-0.1, -0.05) is 48.5 Å². The molecule has 1 amide bonds. The minimum Gasteiger partial charge on any atom is -0.478 e. The Balaban J connectivity index is 1.52. The third kappa shape index (κ3) is 4.47. The van der Waals surface area contributed by atoms with E-state index in [4.69, 9.17) is 0 Å². The van der Waals surface area contributed by atoms with Crippen LogP contribution in [-0.2, 0) is 17.6 Å². The van der Waals surface area contributed by atoms with Crippen LogP contribution in [0.4, 0.5) is 0 Å². The van der Waals surface area contributed by atoms with Gasteiger partial charge in [-0.05, 0) is 42.4 Å². The van der Waals surface area contributed by atoms with Crippen LogP contribution in [0.15, 0.2) is 54.6 Å². The zero-order chi connectivity index (χ0) is 17.6. The van der Waals surface area contributed by atoms with E-state index < -0.39 is 5.97 Å². The summed E-state index contributed by atoms with van der Waals surface area (Å²) < 4.78 is 0. The average Bonchev–Trinajstić information content (AvgIpc) is 3.09. The highest BCUT2D eigenvalue weighted by Crippen LogP contribution is 2.22. The Hall–Kier alpha value is -2.62. The SMILES string of the molecule is O=C(O)c1ccccc1CCC(=O)N1CCC(Cc2ccccc2)C1. The number of carboxylic acid groups (broad SMARTS) is 1. The molecule has 2 aromatic rings. The maximum absolute atomic E-state index is 12.5. The monoisotopic (exact) mass is 337 g/mol. The van der Waals surface area contributed by atoms with Crippen LogP contribution < -0.4 is 0 Å². The minimum atomic E-state index is -0.938. The van der Waals surface area contributed by atoms with Crippen LogP contribution in [0.3, 0.4) is 0 Å². The van der Waals surface area contributed by atoms with E-state index in [0.717, 1.165) is 31.5 Å². The number of aromatic carboxylic acids is 1. The van der Waals surface area contributed by atoms with Crippen molar-refractivity contribution in [2.45, 2.75) is 25.7 Å². The van der Waals surface area contributed by atoms with E-state index >= 15 is 0 Å². The third-order valence-corrected chi connectivity index (χ3v) is 4.86. The molecule has 1 aliphatic rings. The minimum absolute atomic E-state index is 0.121. The number of nitrogens with zero attached hydrogens (tertiary/aromatic N) is 1. The third-order valence-electron chi connectivity index (χ3n) is 4.86. The summed E-state index contributed by atoms with van der Waals surface area (Å²) in [6.07, 6.45) is 2.88. The first kappa shape index (κ1) is 17.2. The zero-order valence-electron chi connectivity index (χ0n) is 14.2. The second-order valence-corrected chi connectivity index (χ2v) is 6.65. The van der Waals surface area contributed by atoms with Gasteiger partial charge in [-0.15, -0.1) is 0 Å². The number of hydrogen-bond donors (Lipinski definition) is 1. The van der Waals surface area contributed by atoms with E-state index in [-0.39, 0.29) is 5.91 Å². The predicted molar refractivity (Wildman–Crippen MR) is 96.6 cm³/mol. The molecule has 0 aromatic heterocycles. The number of benzene rings is 2. The molecule has 4 heteroatoms. The highest BCUT2D eigenvalue weighted by Gasteiger charge is 2.26. The maximum Gasteiger partial charge on any atom is 0.335 e. The molecule has 0 aliphatic carbocycles. The summed E-state index contributed by atoms with van der Waals surface area (Å²) in [6.45, 7) is 1.60. The van der Waals surface area contributed by atoms with Gasteiger partial charge < -0.3 is 10.0 Å². The summed E-state index contributed by atoms with van der Waals surface area (Å²) in [5, 5.41) is 9.22. The topological polar surface area (TPSA) is 57.6 Å². The van der Waals surface area contributed by atoms with E-state index in [1.165, 1.54) is 5.56 Å². The number of amides is 1. The molecule has 1 aliphatic heterocycles. The number of aryl methyl sites for hydroxylation is 1. The zero-order valence-corrected chi connectivity index (χ0v) is 14.2. The molecule has 0 saturated carbocycles. The normalized spacial score (nSPS) is 16.8. The highest BCUT2D eigenvalue weighted by atomic mass is 16.4. The molecular formula is C21H23NO3. The molecule has 1 atom stereocenters. The van der Waals surface area contributed by atoms with Crippen LogP contribution >= 0.6 is 0 Å². The van der Waals surface area contributed by atoms with Gasteiger partial charge in [-0.3, -0.25) is 4.79 Å². The largest absolute Gasteiger partial charge is 0.478 e. The molecule has 0 spiro atoms. The molecule has 1 heterocycles. The molecule has 3 rings (SSSR count). The first-order chi connectivity index (χ1) is 12.1. The van der Waals surface area contributed by atoms with E-state index in [9.17, 15) is 14.7 Å². The number of hydrogen-bond acceptors (Lipinski definition) is 2. The average molecular weight is 337 g/mol. The molecule has 1 saturated heterocycles. The van der Waals surface area contributed by atoms with Crippen LogP contribution in [0, 0.1) is 5.92 Å². The first-order valence-corrected chi connectivity index (χ1v) is 8.76. The summed E-state index contributed by atoms with van der Waals surface area (Å²) in [5.74, 6) is -0.305. The van der Waals surface area contributed by atoms with Crippen molar-refractivity contribution in [3.63, 3.8) is 0 Å². The lowest BCUT2D eigenvalue weighted by molar-refractivity contribution is -0.130. The number of carboxylic acids is 1. The molecule has 1 fully saturated rings. The van der Waals surface area contributed by atoms with E-state index in [0.29, 0.717) is 24.3 Å². The highest BCUT2D eigenvalue weighted by molar-refractivity contribution is 5.89. The fourth-order valence-electron chi connectivity index (χ4n) is 3.52. The molecule has 130 valence electrons. The van der Waals surface area contributed by atoms with Crippen molar-refractivity contribution < 1.29 is 14.7 Å². The predicted octanol–water partition coefficient (Wildman–Crippen LogP) is 3.41. The number of carbonyl (C=O) groups is 2. The molecule has 0 bridgehead atoms. The van der Waals surface area contributed by atoms with Gasteiger partial charge in [-0.25, -0.2) is 4.79 Å². The van der Waals surface area contributed by atoms with Gasteiger partial charge in [0.2, 0.25) is 5.91 Å². The second kappa shape index (κ2) is 7.97. The Kier molecular flexibility index (Phi) is 5.49. The van der Waals surface area contributed by atoms with Crippen LogP contribution in [0.1, 0.15) is 34.3 Å². The number of likely N-dealkylation sites (tertiary alicyclic amines) is 1. The standard InChI is InChI=1S/C21H23NO3/c23-20(11-10-18-8-4-5-9-19(18)21(24)25)22-13-12-17(15-22)14-16-6-2-1-3-7-16/h1-9,17H,10-15H2,(H,24,25). The van der Waals surface area contributed by atoms with Crippen molar-refractivity contribution >= 4 is 11.9 Å². The smallest absolute Gasteiger partial charge is 0.335 e. The molecule has 2 aromatic carbocycles. The Labute approximate surface area is 148 Å². The lowest BCUT2D eigenvalue weighted by atomic mass is 9.99. The fourth-order valence-corrected chi connectivity index (χ4v) is 3.52. The molecule has 0 radical (unpaired) electrons. The van der Waals surface area contributed by atoms with Crippen molar-refractivity contribution in [3.8, 4) is 0 Å². The summed E-state index contributed by atoms with van der Waals surface area (Å²) in [4.78, 5) is 25.6. The first-order valence-electron chi connectivity index (χ1n) is 8.76. The molecule has 25 heavy (non-hydrogen) atoms. The second-order valence-electron chi connectivity index (χ2n) is 6.65. The van der Waals surface area contributed by atoms with Gasteiger partial charge in [0.1, 0.15) is 0 Å². The van der Waals surface area contributed by atoms with Crippen molar-refractivity contribution in [1.82, 2.24) is 4.90 Å². The Morgan fingerprint density at radius 2 is 1.76 bits per heavy atom. The van der Waals surface area contributed by atoms with Crippen LogP contribution in [0.5, 0.6) is 0 Å². The molecule has 4 nitrogen and oxygen atoms in total. The van der Waals surface area contributed by atoms with Gasteiger partial charge in [0.15, 0.2) is 0 Å².